The van der Waals surface area contributed by atoms with E-state index in [9.17, 15) is 18.4 Å². The number of likely N-dealkylation sites (tertiary alicyclic amines) is 1. The summed E-state index contributed by atoms with van der Waals surface area (Å²) >= 11 is 0. The lowest BCUT2D eigenvalue weighted by Crippen LogP contribution is -2.44. The number of nitrogens with two attached hydrogens (primary N) is 1. The summed E-state index contributed by atoms with van der Waals surface area (Å²) in [7, 11) is 0. The van der Waals surface area contributed by atoms with Crippen LogP contribution < -0.4 is 11.1 Å². The second kappa shape index (κ2) is 11.1. The average Bonchev–Trinajstić information content (AvgIpc) is 3.66. The van der Waals surface area contributed by atoms with Crippen LogP contribution in [0.5, 0.6) is 0 Å². The normalized spacial score (nSPS) is 19.3. The van der Waals surface area contributed by atoms with E-state index in [-0.39, 0.29) is 29.3 Å². The second-order valence-electron chi connectivity index (χ2n) is 10.8. The highest BCUT2D eigenvalue weighted by molar-refractivity contribution is 6.04. The van der Waals surface area contributed by atoms with E-state index in [1.165, 1.54) is 12.3 Å². The minimum Gasteiger partial charge on any atom is -0.382 e. The molecule has 3 aromatic heterocycles. The van der Waals surface area contributed by atoms with Crippen LogP contribution in [-0.2, 0) is 15.5 Å². The molecule has 4 aromatic rings. The first-order chi connectivity index (χ1) is 20.2. The fourth-order valence-electron chi connectivity index (χ4n) is 5.68. The van der Waals surface area contributed by atoms with Crippen molar-refractivity contribution in [1.29, 1.82) is 0 Å². The van der Waals surface area contributed by atoms with E-state index in [1.807, 2.05) is 15.5 Å². The number of aromatic nitrogens is 4. The number of pyridine rings is 1. The summed E-state index contributed by atoms with van der Waals surface area (Å²) in [6, 6.07) is 9.13. The molecule has 12 heteroatoms. The summed E-state index contributed by atoms with van der Waals surface area (Å²) in [5.74, 6) is -2.36. The minimum absolute atomic E-state index is 0.00374. The van der Waals surface area contributed by atoms with E-state index in [2.05, 4.69) is 15.3 Å². The molecule has 42 heavy (non-hydrogen) atoms. The van der Waals surface area contributed by atoms with Gasteiger partial charge in [0, 0.05) is 67.8 Å². The molecule has 0 saturated carbocycles. The SMILES string of the molecule is CC(F)(F)c1ccnc(NC(=O)c2ccc(-c3nc([C@@H]4CCCN(C(=O)C5CCCO5)C4)n4ccnc(N)c34)cc2)c1. The lowest BCUT2D eigenvalue weighted by atomic mass is 9.96. The molecule has 3 N–H and O–H groups in total. The van der Waals surface area contributed by atoms with Crippen molar-refractivity contribution in [3.8, 4) is 11.3 Å². The van der Waals surface area contributed by atoms with Crippen molar-refractivity contribution >= 4 is 29.0 Å². The van der Waals surface area contributed by atoms with Gasteiger partial charge in [0.05, 0.1) is 0 Å². The number of alkyl halides is 2. The van der Waals surface area contributed by atoms with E-state index in [4.69, 9.17) is 15.5 Å². The zero-order chi connectivity index (χ0) is 29.4. The first kappa shape index (κ1) is 27.7. The number of hydrogen-bond donors (Lipinski definition) is 2. The van der Waals surface area contributed by atoms with Crippen LogP contribution in [0.4, 0.5) is 20.4 Å². The van der Waals surface area contributed by atoms with E-state index >= 15 is 0 Å². The van der Waals surface area contributed by atoms with Crippen LogP contribution in [0.25, 0.3) is 16.8 Å². The van der Waals surface area contributed by atoms with Gasteiger partial charge in [0.15, 0.2) is 0 Å². The van der Waals surface area contributed by atoms with Gasteiger partial charge < -0.3 is 20.7 Å². The summed E-state index contributed by atoms with van der Waals surface area (Å²) in [5, 5.41) is 2.57. The molecule has 1 unspecified atom stereocenters. The Labute approximate surface area is 240 Å². The fourth-order valence-corrected chi connectivity index (χ4v) is 5.68. The first-order valence-electron chi connectivity index (χ1n) is 14.0. The molecular weight excluding hydrogens is 544 g/mol. The molecule has 2 atom stereocenters. The predicted molar refractivity (Wildman–Crippen MR) is 152 cm³/mol. The Kier molecular flexibility index (Phi) is 7.31. The van der Waals surface area contributed by atoms with E-state index in [0.29, 0.717) is 42.3 Å². The molecule has 0 radical (unpaired) electrons. The second-order valence-corrected chi connectivity index (χ2v) is 10.8. The summed E-state index contributed by atoms with van der Waals surface area (Å²) in [4.78, 5) is 41.1. The fraction of sp³-hybridized carbons (Fsp3) is 0.367. The number of piperidine rings is 1. The summed E-state index contributed by atoms with van der Waals surface area (Å²) in [6.07, 6.45) is 7.69. The van der Waals surface area contributed by atoms with Crippen LogP contribution in [0.15, 0.2) is 55.0 Å². The maximum Gasteiger partial charge on any atom is 0.270 e. The molecule has 6 rings (SSSR count). The zero-order valence-corrected chi connectivity index (χ0v) is 23.1. The molecule has 2 aliphatic rings. The number of nitrogen functional groups attached to an aromatic ring is 1. The van der Waals surface area contributed by atoms with Gasteiger partial charge in [-0.2, -0.15) is 0 Å². The van der Waals surface area contributed by atoms with Gasteiger partial charge >= 0.3 is 0 Å². The van der Waals surface area contributed by atoms with Crippen LogP contribution in [-0.4, -0.2) is 61.9 Å². The Bertz CT molecular complexity index is 1630. The number of anilines is 2. The molecule has 1 aromatic carbocycles. The third-order valence-electron chi connectivity index (χ3n) is 7.84. The van der Waals surface area contributed by atoms with Gasteiger partial charge in [0.2, 0.25) is 0 Å². The number of nitrogens with zero attached hydrogens (tertiary/aromatic N) is 5. The number of ether oxygens (including phenoxy) is 1. The number of hydrogen-bond acceptors (Lipinski definition) is 7. The van der Waals surface area contributed by atoms with Gasteiger partial charge in [-0.05, 0) is 49.9 Å². The molecule has 10 nitrogen and oxygen atoms in total. The third-order valence-corrected chi connectivity index (χ3v) is 7.84. The molecule has 2 aliphatic heterocycles. The summed E-state index contributed by atoms with van der Waals surface area (Å²) in [6.45, 7) is 2.64. The van der Waals surface area contributed by atoms with Gasteiger partial charge in [-0.3, -0.25) is 14.0 Å². The maximum absolute atomic E-state index is 13.7. The minimum atomic E-state index is -3.05. The average molecular weight is 576 g/mol. The van der Waals surface area contributed by atoms with Crippen LogP contribution in [0.3, 0.4) is 0 Å². The molecule has 218 valence electrons. The lowest BCUT2D eigenvalue weighted by Gasteiger charge is -2.33. The lowest BCUT2D eigenvalue weighted by molar-refractivity contribution is -0.142. The first-order valence-corrected chi connectivity index (χ1v) is 14.0. The Morgan fingerprint density at radius 2 is 1.90 bits per heavy atom. The van der Waals surface area contributed by atoms with Crippen molar-refractivity contribution in [3.05, 3.63) is 71.9 Å². The number of imidazole rings is 1. The number of amides is 2. The summed E-state index contributed by atoms with van der Waals surface area (Å²) in [5.41, 5.74) is 8.39. The monoisotopic (exact) mass is 575 g/mol. The van der Waals surface area contributed by atoms with Gasteiger partial charge in [-0.15, -0.1) is 0 Å². The van der Waals surface area contributed by atoms with E-state index in [1.54, 1.807) is 30.5 Å². The highest BCUT2D eigenvalue weighted by Gasteiger charge is 2.34. The van der Waals surface area contributed by atoms with Crippen molar-refractivity contribution in [2.45, 2.75) is 50.6 Å². The van der Waals surface area contributed by atoms with Gasteiger partial charge in [-0.1, -0.05) is 12.1 Å². The van der Waals surface area contributed by atoms with Crippen LogP contribution in [0, 0.1) is 0 Å². The Hall–Kier alpha value is -4.45. The van der Waals surface area contributed by atoms with Crippen molar-refractivity contribution < 1.29 is 23.1 Å². The van der Waals surface area contributed by atoms with Crippen molar-refractivity contribution in [3.63, 3.8) is 0 Å². The number of halogens is 2. The molecule has 2 amide bonds. The largest absolute Gasteiger partial charge is 0.382 e. The van der Waals surface area contributed by atoms with E-state index in [0.717, 1.165) is 50.1 Å². The number of carbonyl (C=O) groups excluding carboxylic acids is 2. The molecular formula is C30H31F2N7O3. The molecule has 0 bridgehead atoms. The molecule has 2 fully saturated rings. The highest BCUT2D eigenvalue weighted by atomic mass is 19.3. The number of rotatable bonds is 6. The predicted octanol–water partition coefficient (Wildman–Crippen LogP) is 4.62. The smallest absolute Gasteiger partial charge is 0.270 e. The van der Waals surface area contributed by atoms with Crippen molar-refractivity contribution in [2.75, 3.05) is 30.7 Å². The van der Waals surface area contributed by atoms with Crippen LogP contribution in [0.1, 0.15) is 60.3 Å². The highest BCUT2D eigenvalue weighted by Crippen LogP contribution is 2.34. The Balaban J connectivity index is 1.25. The van der Waals surface area contributed by atoms with Gasteiger partial charge in [-0.25, -0.2) is 23.7 Å². The molecule has 0 spiro atoms. The number of fused-ring (bicyclic) bond motifs is 1. The van der Waals surface area contributed by atoms with Gasteiger partial charge in [0.1, 0.15) is 34.8 Å². The maximum atomic E-state index is 13.7. The Morgan fingerprint density at radius 3 is 2.64 bits per heavy atom. The molecule has 5 heterocycles. The molecule has 2 saturated heterocycles. The number of nitrogens with one attached hydrogen (secondary N) is 1. The topological polar surface area (TPSA) is 128 Å². The van der Waals surface area contributed by atoms with E-state index < -0.39 is 11.8 Å². The van der Waals surface area contributed by atoms with Crippen molar-refractivity contribution in [1.82, 2.24) is 24.3 Å². The zero-order valence-electron chi connectivity index (χ0n) is 23.1. The number of carbonyl (C=O) groups is 2. The van der Waals surface area contributed by atoms with Gasteiger partial charge in [0.25, 0.3) is 17.7 Å². The van der Waals surface area contributed by atoms with Crippen molar-refractivity contribution in [2.24, 2.45) is 0 Å². The third kappa shape index (κ3) is 5.41. The Morgan fingerprint density at radius 1 is 1.10 bits per heavy atom. The standard InChI is InChI=1S/C30H31F2N7O3/c1-30(31,32)21-10-11-34-23(16-21)36-28(40)19-8-6-18(7-9-19)24-25-26(33)35-12-14-39(25)27(37-24)20-4-2-13-38(17-20)29(41)22-5-3-15-42-22/h6-12,14,16,20,22H,2-5,13,15,17H2,1H3,(H2,33,35)(H,34,36,40)/t20-,22?/m1/s1. The summed E-state index contributed by atoms with van der Waals surface area (Å²) < 4.78 is 35.0. The quantitative estimate of drug-likeness (QED) is 0.343. The number of benzene rings is 1. The molecule has 0 aliphatic carbocycles. The van der Waals surface area contributed by atoms with Crippen LogP contribution in [0.2, 0.25) is 0 Å². The van der Waals surface area contributed by atoms with Crippen LogP contribution >= 0.6 is 0 Å².